The summed E-state index contributed by atoms with van der Waals surface area (Å²) in [6.45, 7) is 4.93. The molecular weight excluding hydrogens is 178 g/mol. The van der Waals surface area contributed by atoms with Crippen molar-refractivity contribution >= 4 is 0 Å². The number of hydrogen-bond donors (Lipinski definition) is 1. The van der Waals surface area contributed by atoms with Crippen molar-refractivity contribution in [1.29, 1.82) is 0 Å². The zero-order valence-electron chi connectivity index (χ0n) is 8.94. The summed E-state index contributed by atoms with van der Waals surface area (Å²) >= 11 is 0. The van der Waals surface area contributed by atoms with Crippen LogP contribution in [0.3, 0.4) is 0 Å². The van der Waals surface area contributed by atoms with Crippen LogP contribution in [0.1, 0.15) is 13.3 Å². The third kappa shape index (κ3) is 4.39. The lowest BCUT2D eigenvalue weighted by molar-refractivity contribution is 0.172. The number of aryl methyl sites for hydroxylation is 1. The Morgan fingerprint density at radius 1 is 1.57 bits per heavy atom. The number of nitrogens with one attached hydrogen (secondary N) is 1. The van der Waals surface area contributed by atoms with Crippen LogP contribution in [-0.2, 0) is 11.3 Å². The standard InChI is InChI=1S/C10H19N3O/c1-10(8-14-2)12-4-3-6-13-7-5-11-9-13/h5,7,9-10,12H,3-4,6,8H2,1-2H3/t10-/m0/s1. The summed E-state index contributed by atoms with van der Waals surface area (Å²) in [5.41, 5.74) is 0. The van der Waals surface area contributed by atoms with Crippen molar-refractivity contribution in [2.24, 2.45) is 0 Å². The molecule has 1 N–H and O–H groups in total. The van der Waals surface area contributed by atoms with Crippen LogP contribution in [0.2, 0.25) is 0 Å². The lowest BCUT2D eigenvalue weighted by Gasteiger charge is -2.12. The maximum absolute atomic E-state index is 5.03. The lowest BCUT2D eigenvalue weighted by atomic mass is 10.3. The second-order valence-corrected chi connectivity index (χ2v) is 3.46. The van der Waals surface area contributed by atoms with Crippen LogP contribution in [-0.4, -0.2) is 35.9 Å². The molecule has 0 aliphatic heterocycles. The van der Waals surface area contributed by atoms with Gasteiger partial charge in [0.2, 0.25) is 0 Å². The Hall–Kier alpha value is -0.870. The molecule has 0 unspecified atom stereocenters. The highest BCUT2D eigenvalue weighted by atomic mass is 16.5. The third-order valence-corrected chi connectivity index (χ3v) is 2.06. The number of hydrogen-bond acceptors (Lipinski definition) is 3. The van der Waals surface area contributed by atoms with Crippen LogP contribution in [0.15, 0.2) is 18.7 Å². The number of methoxy groups -OCH3 is 1. The highest BCUT2D eigenvalue weighted by Crippen LogP contribution is 1.90. The van der Waals surface area contributed by atoms with E-state index in [0.29, 0.717) is 6.04 Å². The molecule has 0 aliphatic carbocycles. The van der Waals surface area contributed by atoms with Crippen LogP contribution < -0.4 is 5.32 Å². The second kappa shape index (κ2) is 6.56. The fourth-order valence-electron chi connectivity index (χ4n) is 1.34. The molecule has 0 saturated heterocycles. The summed E-state index contributed by atoms with van der Waals surface area (Å²) in [5.74, 6) is 0. The Labute approximate surface area is 85.3 Å². The van der Waals surface area contributed by atoms with Gasteiger partial charge in [-0.05, 0) is 19.9 Å². The summed E-state index contributed by atoms with van der Waals surface area (Å²) in [7, 11) is 1.73. The summed E-state index contributed by atoms with van der Waals surface area (Å²) in [6, 6.07) is 0.433. The van der Waals surface area contributed by atoms with E-state index in [0.717, 1.165) is 26.1 Å². The molecule has 14 heavy (non-hydrogen) atoms. The average Bonchev–Trinajstić information content (AvgIpc) is 2.65. The first kappa shape index (κ1) is 11.2. The van der Waals surface area contributed by atoms with Crippen molar-refractivity contribution in [3.8, 4) is 0 Å². The predicted molar refractivity (Wildman–Crippen MR) is 56.2 cm³/mol. The molecule has 1 aromatic heterocycles. The molecule has 0 bridgehead atoms. The number of ether oxygens (including phenoxy) is 1. The van der Waals surface area contributed by atoms with Crippen molar-refractivity contribution in [3.05, 3.63) is 18.7 Å². The van der Waals surface area contributed by atoms with E-state index >= 15 is 0 Å². The van der Waals surface area contributed by atoms with Crippen LogP contribution in [0.4, 0.5) is 0 Å². The number of nitrogens with zero attached hydrogens (tertiary/aromatic N) is 2. The molecule has 4 nitrogen and oxygen atoms in total. The first-order valence-electron chi connectivity index (χ1n) is 5.01. The quantitative estimate of drug-likeness (QED) is 0.660. The Morgan fingerprint density at radius 2 is 2.43 bits per heavy atom. The van der Waals surface area contributed by atoms with E-state index in [1.807, 2.05) is 12.5 Å². The first-order valence-corrected chi connectivity index (χ1v) is 5.01. The van der Waals surface area contributed by atoms with Crippen molar-refractivity contribution in [2.75, 3.05) is 20.3 Å². The van der Waals surface area contributed by atoms with E-state index in [2.05, 4.69) is 21.8 Å². The molecule has 0 spiro atoms. The highest BCUT2D eigenvalue weighted by Gasteiger charge is 1.98. The second-order valence-electron chi connectivity index (χ2n) is 3.46. The van der Waals surface area contributed by atoms with E-state index in [-0.39, 0.29) is 0 Å². The maximum atomic E-state index is 5.03. The molecule has 1 rings (SSSR count). The topological polar surface area (TPSA) is 39.1 Å². The van der Waals surface area contributed by atoms with Crippen molar-refractivity contribution < 1.29 is 4.74 Å². The SMILES string of the molecule is COC[C@H](C)NCCCn1ccnc1. The Morgan fingerprint density at radius 3 is 3.07 bits per heavy atom. The predicted octanol–water partition coefficient (Wildman–Crippen LogP) is 0.898. The fourth-order valence-corrected chi connectivity index (χ4v) is 1.34. The van der Waals surface area contributed by atoms with Gasteiger partial charge in [-0.15, -0.1) is 0 Å². The van der Waals surface area contributed by atoms with Gasteiger partial charge in [0.1, 0.15) is 0 Å². The maximum Gasteiger partial charge on any atom is 0.0945 e. The minimum Gasteiger partial charge on any atom is -0.383 e. The lowest BCUT2D eigenvalue weighted by Crippen LogP contribution is -2.31. The monoisotopic (exact) mass is 197 g/mol. The average molecular weight is 197 g/mol. The van der Waals surface area contributed by atoms with Gasteiger partial charge in [0, 0.05) is 32.1 Å². The van der Waals surface area contributed by atoms with E-state index < -0.39 is 0 Å². The molecule has 0 aromatic carbocycles. The van der Waals surface area contributed by atoms with E-state index in [9.17, 15) is 0 Å². The third-order valence-electron chi connectivity index (χ3n) is 2.06. The normalized spacial score (nSPS) is 13.0. The molecule has 1 heterocycles. The Balaban J connectivity index is 1.99. The van der Waals surface area contributed by atoms with Crippen LogP contribution in [0.5, 0.6) is 0 Å². The summed E-state index contributed by atoms with van der Waals surface area (Å²) < 4.78 is 7.11. The van der Waals surface area contributed by atoms with Crippen molar-refractivity contribution in [1.82, 2.24) is 14.9 Å². The van der Waals surface area contributed by atoms with Gasteiger partial charge >= 0.3 is 0 Å². The molecule has 4 heteroatoms. The van der Waals surface area contributed by atoms with Crippen LogP contribution in [0.25, 0.3) is 0 Å². The van der Waals surface area contributed by atoms with Gasteiger partial charge in [-0.3, -0.25) is 0 Å². The Bertz CT molecular complexity index is 223. The van der Waals surface area contributed by atoms with Gasteiger partial charge in [0.25, 0.3) is 0 Å². The van der Waals surface area contributed by atoms with Crippen molar-refractivity contribution in [2.45, 2.75) is 25.9 Å². The van der Waals surface area contributed by atoms with Gasteiger partial charge in [-0.25, -0.2) is 4.98 Å². The molecule has 80 valence electrons. The summed E-state index contributed by atoms with van der Waals surface area (Å²) in [5, 5.41) is 3.39. The number of rotatable bonds is 7. The van der Waals surface area contributed by atoms with Crippen LogP contribution >= 0.6 is 0 Å². The molecule has 0 aliphatic rings. The highest BCUT2D eigenvalue weighted by molar-refractivity contribution is 4.73. The fraction of sp³-hybridized carbons (Fsp3) is 0.700. The smallest absolute Gasteiger partial charge is 0.0945 e. The van der Waals surface area contributed by atoms with Gasteiger partial charge in [0.05, 0.1) is 12.9 Å². The zero-order valence-corrected chi connectivity index (χ0v) is 8.94. The minimum atomic E-state index is 0.433. The molecule has 0 fully saturated rings. The van der Waals surface area contributed by atoms with Gasteiger partial charge in [-0.2, -0.15) is 0 Å². The molecule has 1 aromatic rings. The first-order chi connectivity index (χ1) is 6.83. The summed E-state index contributed by atoms with van der Waals surface area (Å²) in [6.07, 6.45) is 6.75. The largest absolute Gasteiger partial charge is 0.383 e. The molecule has 0 amide bonds. The van der Waals surface area contributed by atoms with E-state index in [4.69, 9.17) is 4.74 Å². The van der Waals surface area contributed by atoms with Gasteiger partial charge in [0.15, 0.2) is 0 Å². The summed E-state index contributed by atoms with van der Waals surface area (Å²) in [4.78, 5) is 3.99. The van der Waals surface area contributed by atoms with Gasteiger partial charge in [-0.1, -0.05) is 0 Å². The van der Waals surface area contributed by atoms with Gasteiger partial charge < -0.3 is 14.6 Å². The van der Waals surface area contributed by atoms with E-state index in [1.54, 1.807) is 13.3 Å². The minimum absolute atomic E-state index is 0.433. The molecular formula is C10H19N3O. The molecule has 1 atom stereocenters. The molecule has 0 radical (unpaired) electrons. The number of imidazole rings is 1. The Kier molecular flexibility index (Phi) is 5.25. The van der Waals surface area contributed by atoms with E-state index in [1.165, 1.54) is 0 Å². The van der Waals surface area contributed by atoms with Crippen LogP contribution in [0, 0.1) is 0 Å². The zero-order chi connectivity index (χ0) is 10.2. The van der Waals surface area contributed by atoms with Crippen molar-refractivity contribution in [3.63, 3.8) is 0 Å². The number of aromatic nitrogens is 2. The molecule has 0 saturated carbocycles.